The lowest BCUT2D eigenvalue weighted by molar-refractivity contribution is 0.598. The van der Waals surface area contributed by atoms with Crippen LogP contribution in [0.5, 0.6) is 0 Å². The van der Waals surface area contributed by atoms with Gasteiger partial charge in [0, 0.05) is 11.2 Å². The highest BCUT2D eigenvalue weighted by Gasteiger charge is 2.13. The first-order chi connectivity index (χ1) is 8.20. The number of nitrogens with one attached hydrogen (secondary N) is 1. The molecule has 0 saturated carbocycles. The molecule has 0 spiro atoms. The molecule has 3 nitrogen and oxygen atoms in total. The predicted molar refractivity (Wildman–Crippen MR) is 64.8 cm³/mol. The van der Waals surface area contributed by atoms with Crippen molar-refractivity contribution < 1.29 is 4.39 Å². The van der Waals surface area contributed by atoms with Crippen molar-refractivity contribution in [3.8, 4) is 0 Å². The minimum Gasteiger partial charge on any atom is -0.271 e. The molecule has 17 heavy (non-hydrogen) atoms. The van der Waals surface area contributed by atoms with Gasteiger partial charge in [-0.3, -0.25) is 10.8 Å². The molecule has 0 bridgehead atoms. The van der Waals surface area contributed by atoms with E-state index in [1.165, 1.54) is 6.07 Å². The van der Waals surface area contributed by atoms with Gasteiger partial charge in [0.05, 0.1) is 12.2 Å². The molecule has 0 saturated heterocycles. The molecule has 0 radical (unpaired) electrons. The number of hydrogen-bond donors (Lipinski definition) is 2. The molecule has 0 fully saturated rings. The highest BCUT2D eigenvalue weighted by molar-refractivity contribution is 6.30. The number of hydrogen-bond acceptors (Lipinski definition) is 3. The number of pyridine rings is 1. The molecule has 1 aromatic carbocycles. The molecule has 0 amide bonds. The van der Waals surface area contributed by atoms with Crippen molar-refractivity contribution >= 4 is 11.6 Å². The summed E-state index contributed by atoms with van der Waals surface area (Å²) in [5.41, 5.74) is 4.19. The molecule has 5 heteroatoms. The van der Waals surface area contributed by atoms with Gasteiger partial charge in [-0.25, -0.2) is 9.82 Å². The zero-order chi connectivity index (χ0) is 12.3. The van der Waals surface area contributed by atoms with E-state index in [1.807, 2.05) is 12.1 Å². The van der Waals surface area contributed by atoms with Crippen molar-refractivity contribution in [3.63, 3.8) is 0 Å². The van der Waals surface area contributed by atoms with Gasteiger partial charge in [-0.1, -0.05) is 23.7 Å². The Bertz CT molecular complexity index is 501. The lowest BCUT2D eigenvalue weighted by Crippen LogP contribution is -2.29. The van der Waals surface area contributed by atoms with Crippen molar-refractivity contribution in [1.82, 2.24) is 10.4 Å². The third-order valence-corrected chi connectivity index (χ3v) is 2.68. The number of benzene rings is 1. The summed E-state index contributed by atoms with van der Waals surface area (Å²) >= 11 is 5.81. The number of halogens is 2. The minimum absolute atomic E-state index is 0.310. The number of nitrogens with two attached hydrogens (primary N) is 1. The van der Waals surface area contributed by atoms with E-state index in [4.69, 9.17) is 17.4 Å². The summed E-state index contributed by atoms with van der Waals surface area (Å²) in [5, 5.41) is 0.641. The van der Waals surface area contributed by atoms with Crippen LogP contribution in [0.1, 0.15) is 17.2 Å². The molecule has 1 atom stereocenters. The molecule has 0 aliphatic carbocycles. The van der Waals surface area contributed by atoms with Crippen LogP contribution in [0.4, 0.5) is 4.39 Å². The Hall–Kier alpha value is -1.49. The Morgan fingerprint density at radius 2 is 1.88 bits per heavy atom. The molecule has 1 aromatic heterocycles. The summed E-state index contributed by atoms with van der Waals surface area (Å²) < 4.78 is 13.1. The van der Waals surface area contributed by atoms with Gasteiger partial charge < -0.3 is 0 Å². The average molecular weight is 252 g/mol. The van der Waals surface area contributed by atoms with Gasteiger partial charge in [0.15, 0.2) is 0 Å². The van der Waals surface area contributed by atoms with E-state index >= 15 is 0 Å². The Morgan fingerprint density at radius 3 is 2.47 bits per heavy atom. The van der Waals surface area contributed by atoms with Crippen molar-refractivity contribution in [1.29, 1.82) is 0 Å². The highest BCUT2D eigenvalue weighted by Crippen LogP contribution is 2.22. The van der Waals surface area contributed by atoms with Crippen LogP contribution in [0.25, 0.3) is 0 Å². The maximum atomic E-state index is 13.1. The maximum absolute atomic E-state index is 13.1. The number of hydrazine groups is 1. The van der Waals surface area contributed by atoms with Crippen molar-refractivity contribution in [2.45, 2.75) is 6.04 Å². The van der Waals surface area contributed by atoms with Crippen LogP contribution in [0.3, 0.4) is 0 Å². The lowest BCUT2D eigenvalue weighted by Gasteiger charge is -2.16. The van der Waals surface area contributed by atoms with Crippen LogP contribution in [0.15, 0.2) is 42.7 Å². The van der Waals surface area contributed by atoms with Gasteiger partial charge in [0.2, 0.25) is 0 Å². The van der Waals surface area contributed by atoms with E-state index in [0.717, 1.165) is 11.8 Å². The highest BCUT2D eigenvalue weighted by atomic mass is 35.5. The lowest BCUT2D eigenvalue weighted by atomic mass is 10.0. The SMILES string of the molecule is NNC(c1ccc(Cl)cc1)c1cncc(F)c1. The molecule has 0 aliphatic heterocycles. The Balaban J connectivity index is 2.36. The monoisotopic (exact) mass is 251 g/mol. The Morgan fingerprint density at radius 1 is 1.18 bits per heavy atom. The molecule has 1 heterocycles. The van der Waals surface area contributed by atoms with E-state index in [1.54, 1.807) is 18.3 Å². The van der Waals surface area contributed by atoms with Crippen LogP contribution >= 0.6 is 11.6 Å². The smallest absolute Gasteiger partial charge is 0.141 e. The van der Waals surface area contributed by atoms with E-state index in [-0.39, 0.29) is 6.04 Å². The second-order valence-corrected chi connectivity index (χ2v) is 4.02. The molecule has 1 unspecified atom stereocenters. The third-order valence-electron chi connectivity index (χ3n) is 2.43. The molecule has 2 aromatic rings. The molecular weight excluding hydrogens is 241 g/mol. The van der Waals surface area contributed by atoms with Crippen molar-refractivity contribution in [3.05, 3.63) is 64.7 Å². The fourth-order valence-corrected chi connectivity index (χ4v) is 1.75. The van der Waals surface area contributed by atoms with Gasteiger partial charge in [-0.2, -0.15) is 0 Å². The fourth-order valence-electron chi connectivity index (χ4n) is 1.63. The van der Waals surface area contributed by atoms with Gasteiger partial charge >= 0.3 is 0 Å². The topological polar surface area (TPSA) is 50.9 Å². The molecule has 3 N–H and O–H groups in total. The summed E-state index contributed by atoms with van der Waals surface area (Å²) in [4.78, 5) is 3.80. The van der Waals surface area contributed by atoms with Crippen LogP contribution in [-0.2, 0) is 0 Å². The van der Waals surface area contributed by atoms with Gasteiger partial charge in [-0.05, 0) is 29.3 Å². The average Bonchev–Trinajstić information content (AvgIpc) is 2.33. The summed E-state index contributed by atoms with van der Waals surface area (Å²) in [5.74, 6) is 5.10. The molecule has 2 rings (SSSR count). The fraction of sp³-hybridized carbons (Fsp3) is 0.0833. The second-order valence-electron chi connectivity index (χ2n) is 3.59. The minimum atomic E-state index is -0.392. The predicted octanol–water partition coefficient (Wildman–Crippen LogP) is 2.43. The van der Waals surface area contributed by atoms with Crippen LogP contribution in [0.2, 0.25) is 5.02 Å². The summed E-state index contributed by atoms with van der Waals surface area (Å²) in [7, 11) is 0. The maximum Gasteiger partial charge on any atom is 0.141 e. The third kappa shape index (κ3) is 2.79. The van der Waals surface area contributed by atoms with Crippen molar-refractivity contribution in [2.75, 3.05) is 0 Å². The molecular formula is C12H11ClFN3. The van der Waals surface area contributed by atoms with Crippen LogP contribution in [-0.4, -0.2) is 4.98 Å². The van der Waals surface area contributed by atoms with Gasteiger partial charge in [-0.15, -0.1) is 0 Å². The second kappa shape index (κ2) is 5.23. The van der Waals surface area contributed by atoms with E-state index in [9.17, 15) is 4.39 Å². The number of nitrogens with zero attached hydrogens (tertiary/aromatic N) is 1. The van der Waals surface area contributed by atoms with E-state index < -0.39 is 5.82 Å². The first-order valence-electron chi connectivity index (χ1n) is 5.03. The normalized spacial score (nSPS) is 12.4. The van der Waals surface area contributed by atoms with Gasteiger partial charge in [0.1, 0.15) is 5.82 Å². The van der Waals surface area contributed by atoms with Gasteiger partial charge in [0.25, 0.3) is 0 Å². The van der Waals surface area contributed by atoms with E-state index in [0.29, 0.717) is 10.6 Å². The van der Waals surface area contributed by atoms with Crippen molar-refractivity contribution in [2.24, 2.45) is 5.84 Å². The first-order valence-corrected chi connectivity index (χ1v) is 5.40. The zero-order valence-electron chi connectivity index (χ0n) is 8.90. The van der Waals surface area contributed by atoms with Crippen LogP contribution < -0.4 is 11.3 Å². The quantitative estimate of drug-likeness (QED) is 0.651. The Kier molecular flexibility index (Phi) is 3.68. The first kappa shape index (κ1) is 12.0. The summed E-state index contributed by atoms with van der Waals surface area (Å²) in [6, 6.07) is 8.26. The number of rotatable bonds is 3. The summed E-state index contributed by atoms with van der Waals surface area (Å²) in [6.45, 7) is 0. The zero-order valence-corrected chi connectivity index (χ0v) is 9.66. The largest absolute Gasteiger partial charge is 0.271 e. The number of aromatic nitrogens is 1. The summed E-state index contributed by atoms with van der Waals surface area (Å²) in [6.07, 6.45) is 2.72. The van der Waals surface area contributed by atoms with Crippen LogP contribution in [0, 0.1) is 5.82 Å². The Labute approximate surface area is 103 Å². The molecule has 88 valence electrons. The standard InChI is InChI=1S/C12H11ClFN3/c13-10-3-1-8(2-4-10)12(17-15)9-5-11(14)7-16-6-9/h1-7,12,17H,15H2. The molecule has 0 aliphatic rings. The van der Waals surface area contributed by atoms with E-state index in [2.05, 4.69) is 10.4 Å².